The van der Waals surface area contributed by atoms with Gasteiger partial charge in [-0.15, -0.1) is 0 Å². The van der Waals surface area contributed by atoms with Crippen LogP contribution in [0.15, 0.2) is 30.3 Å². The van der Waals surface area contributed by atoms with Crippen molar-refractivity contribution < 1.29 is 23.8 Å². The van der Waals surface area contributed by atoms with Gasteiger partial charge in [-0.1, -0.05) is 13.8 Å². The van der Waals surface area contributed by atoms with Crippen LogP contribution < -0.4 is 10.1 Å². The molecule has 0 radical (unpaired) electrons. The predicted molar refractivity (Wildman–Crippen MR) is 83.5 cm³/mol. The molecule has 1 aromatic heterocycles. The SMILES string of the molecule is CC(C)c1cc(C(=O)NCC(Oc2ccc(F)cc2)C(=O)O)n[nH]1. The number of nitrogens with one attached hydrogen (secondary N) is 2. The van der Waals surface area contributed by atoms with Crippen LogP contribution in [0, 0.1) is 5.82 Å². The van der Waals surface area contributed by atoms with Gasteiger partial charge in [-0.05, 0) is 36.2 Å². The minimum Gasteiger partial charge on any atom is -0.478 e. The van der Waals surface area contributed by atoms with Crippen molar-refractivity contribution in [1.29, 1.82) is 0 Å². The number of hydrogen-bond donors (Lipinski definition) is 3. The lowest BCUT2D eigenvalue weighted by Gasteiger charge is -2.15. The van der Waals surface area contributed by atoms with Crippen LogP contribution in [0.2, 0.25) is 0 Å². The number of halogens is 1. The van der Waals surface area contributed by atoms with Gasteiger partial charge in [0.1, 0.15) is 17.3 Å². The molecule has 1 heterocycles. The number of carbonyl (C=O) groups excluding carboxylic acids is 1. The third kappa shape index (κ3) is 4.55. The zero-order valence-electron chi connectivity index (χ0n) is 13.2. The lowest BCUT2D eigenvalue weighted by molar-refractivity contribution is -0.144. The van der Waals surface area contributed by atoms with Crippen molar-refractivity contribution in [3.8, 4) is 5.75 Å². The first-order valence-electron chi connectivity index (χ1n) is 7.35. The first-order valence-corrected chi connectivity index (χ1v) is 7.35. The molecular formula is C16H18FN3O4. The van der Waals surface area contributed by atoms with Crippen LogP contribution in [-0.2, 0) is 4.79 Å². The van der Waals surface area contributed by atoms with E-state index in [1.165, 1.54) is 12.1 Å². The highest BCUT2D eigenvalue weighted by atomic mass is 19.1. The molecule has 0 spiro atoms. The number of carboxylic acid groups (broad SMARTS) is 1. The zero-order chi connectivity index (χ0) is 17.7. The predicted octanol–water partition coefficient (Wildman–Crippen LogP) is 1.93. The molecule has 0 bridgehead atoms. The minimum absolute atomic E-state index is 0.171. The average Bonchev–Trinajstić information content (AvgIpc) is 3.03. The molecule has 8 heteroatoms. The van der Waals surface area contributed by atoms with E-state index in [-0.39, 0.29) is 23.9 Å². The highest BCUT2D eigenvalue weighted by Gasteiger charge is 2.21. The first-order chi connectivity index (χ1) is 11.4. The summed E-state index contributed by atoms with van der Waals surface area (Å²) in [5.74, 6) is -1.83. The van der Waals surface area contributed by atoms with Crippen LogP contribution in [0.3, 0.4) is 0 Å². The molecule has 1 amide bonds. The maximum Gasteiger partial charge on any atom is 0.346 e. The van der Waals surface area contributed by atoms with Gasteiger partial charge in [0.2, 0.25) is 6.10 Å². The number of aliphatic carboxylic acids is 1. The molecule has 3 N–H and O–H groups in total. The summed E-state index contributed by atoms with van der Waals surface area (Å²) < 4.78 is 18.1. The van der Waals surface area contributed by atoms with E-state index in [1.54, 1.807) is 6.07 Å². The quantitative estimate of drug-likeness (QED) is 0.717. The Morgan fingerprint density at radius 2 is 2.00 bits per heavy atom. The second-order valence-electron chi connectivity index (χ2n) is 5.47. The van der Waals surface area contributed by atoms with Gasteiger partial charge in [0.05, 0.1) is 6.54 Å². The number of ether oxygens (including phenoxy) is 1. The van der Waals surface area contributed by atoms with E-state index in [0.29, 0.717) is 0 Å². The van der Waals surface area contributed by atoms with Crippen LogP contribution in [0.4, 0.5) is 4.39 Å². The highest BCUT2D eigenvalue weighted by molar-refractivity contribution is 5.92. The van der Waals surface area contributed by atoms with Crippen molar-refractivity contribution in [1.82, 2.24) is 15.5 Å². The third-order valence-electron chi connectivity index (χ3n) is 3.27. The van der Waals surface area contributed by atoms with Crippen molar-refractivity contribution in [2.24, 2.45) is 0 Å². The molecule has 0 aliphatic heterocycles. The summed E-state index contributed by atoms with van der Waals surface area (Å²) in [6, 6.07) is 6.55. The number of hydrogen-bond acceptors (Lipinski definition) is 4. The molecule has 24 heavy (non-hydrogen) atoms. The second kappa shape index (κ2) is 7.58. The number of aromatic nitrogens is 2. The number of carbonyl (C=O) groups is 2. The molecule has 1 aromatic carbocycles. The smallest absolute Gasteiger partial charge is 0.346 e. The van der Waals surface area contributed by atoms with Gasteiger partial charge >= 0.3 is 5.97 Å². The Morgan fingerprint density at radius 1 is 1.33 bits per heavy atom. The molecule has 1 atom stereocenters. The molecule has 0 saturated heterocycles. The summed E-state index contributed by atoms with van der Waals surface area (Å²) in [7, 11) is 0. The molecule has 2 aromatic rings. The molecule has 0 saturated carbocycles. The number of H-pyrrole nitrogens is 1. The fourth-order valence-corrected chi connectivity index (χ4v) is 1.88. The fraction of sp³-hybridized carbons (Fsp3) is 0.312. The zero-order valence-corrected chi connectivity index (χ0v) is 13.2. The molecule has 7 nitrogen and oxygen atoms in total. The summed E-state index contributed by atoms with van der Waals surface area (Å²) in [6.45, 7) is 3.65. The number of nitrogens with zero attached hydrogens (tertiary/aromatic N) is 1. The Balaban J connectivity index is 1.96. The molecule has 0 aliphatic carbocycles. The van der Waals surface area contributed by atoms with Gasteiger partial charge in [0.25, 0.3) is 5.91 Å². The van der Waals surface area contributed by atoms with Crippen LogP contribution >= 0.6 is 0 Å². The number of aromatic amines is 1. The van der Waals surface area contributed by atoms with Crippen molar-refractivity contribution in [3.05, 3.63) is 47.5 Å². The molecule has 2 rings (SSSR count). The number of amides is 1. The maximum absolute atomic E-state index is 12.8. The summed E-state index contributed by atoms with van der Waals surface area (Å²) >= 11 is 0. The van der Waals surface area contributed by atoms with Crippen molar-refractivity contribution in [3.63, 3.8) is 0 Å². The summed E-state index contributed by atoms with van der Waals surface area (Å²) in [4.78, 5) is 23.3. The highest BCUT2D eigenvalue weighted by Crippen LogP contribution is 2.14. The van der Waals surface area contributed by atoms with Crippen molar-refractivity contribution in [2.45, 2.75) is 25.9 Å². The third-order valence-corrected chi connectivity index (χ3v) is 3.27. The standard InChI is InChI=1S/C16H18FN3O4/c1-9(2)12-7-13(20-19-12)15(21)18-8-14(16(22)23)24-11-5-3-10(17)4-6-11/h3-7,9,14H,8H2,1-2H3,(H,18,21)(H,19,20)(H,22,23). The van der Waals surface area contributed by atoms with E-state index in [0.717, 1.165) is 17.8 Å². The van der Waals surface area contributed by atoms with Gasteiger partial charge in [-0.2, -0.15) is 5.10 Å². The van der Waals surface area contributed by atoms with Crippen LogP contribution in [0.1, 0.15) is 35.9 Å². The number of rotatable bonds is 7. The largest absolute Gasteiger partial charge is 0.478 e. The number of carboxylic acids is 1. The Morgan fingerprint density at radius 3 is 2.54 bits per heavy atom. The lowest BCUT2D eigenvalue weighted by atomic mass is 10.1. The van der Waals surface area contributed by atoms with Crippen LogP contribution in [0.25, 0.3) is 0 Å². The van der Waals surface area contributed by atoms with Crippen molar-refractivity contribution >= 4 is 11.9 Å². The monoisotopic (exact) mass is 335 g/mol. The summed E-state index contributed by atoms with van der Waals surface area (Å²) in [6.07, 6.45) is -1.30. The molecular weight excluding hydrogens is 317 g/mol. The van der Waals surface area contributed by atoms with E-state index in [2.05, 4.69) is 15.5 Å². The maximum atomic E-state index is 12.8. The lowest BCUT2D eigenvalue weighted by Crippen LogP contribution is -2.40. The van der Waals surface area contributed by atoms with Crippen molar-refractivity contribution in [2.75, 3.05) is 6.54 Å². The van der Waals surface area contributed by atoms with E-state index < -0.39 is 23.8 Å². The van der Waals surface area contributed by atoms with Gasteiger partial charge < -0.3 is 15.2 Å². The average molecular weight is 335 g/mol. The van der Waals surface area contributed by atoms with E-state index >= 15 is 0 Å². The summed E-state index contributed by atoms with van der Waals surface area (Å²) in [5.41, 5.74) is 0.974. The van der Waals surface area contributed by atoms with Gasteiger partial charge in [-0.3, -0.25) is 9.89 Å². The second-order valence-corrected chi connectivity index (χ2v) is 5.47. The Kier molecular flexibility index (Phi) is 5.51. The first kappa shape index (κ1) is 17.5. The Labute approximate surface area is 137 Å². The molecule has 0 aliphatic rings. The van der Waals surface area contributed by atoms with E-state index in [9.17, 15) is 19.1 Å². The fourth-order valence-electron chi connectivity index (χ4n) is 1.88. The molecule has 0 fully saturated rings. The van der Waals surface area contributed by atoms with E-state index in [1.807, 2.05) is 13.8 Å². The molecule has 1 unspecified atom stereocenters. The van der Waals surface area contributed by atoms with Gasteiger partial charge in [0.15, 0.2) is 0 Å². The topological polar surface area (TPSA) is 104 Å². The van der Waals surface area contributed by atoms with Gasteiger partial charge in [-0.25, -0.2) is 9.18 Å². The number of benzene rings is 1. The van der Waals surface area contributed by atoms with Crippen LogP contribution in [-0.4, -0.2) is 39.8 Å². The Bertz CT molecular complexity index is 712. The van der Waals surface area contributed by atoms with Crippen LogP contribution in [0.5, 0.6) is 5.75 Å². The molecule has 128 valence electrons. The minimum atomic E-state index is -1.30. The normalized spacial score (nSPS) is 12.0. The summed E-state index contributed by atoms with van der Waals surface area (Å²) in [5, 5.41) is 18.3. The Hall–Kier alpha value is -2.90. The van der Waals surface area contributed by atoms with Gasteiger partial charge in [0, 0.05) is 5.69 Å². The van der Waals surface area contributed by atoms with E-state index in [4.69, 9.17) is 4.74 Å².